The fourth-order valence-corrected chi connectivity index (χ4v) is 4.16. The summed E-state index contributed by atoms with van der Waals surface area (Å²) in [5.74, 6) is 0.241. The van der Waals surface area contributed by atoms with Crippen molar-refractivity contribution in [2.75, 3.05) is 36.5 Å². The molecule has 3 rings (SSSR count). The molecule has 1 saturated heterocycles. The van der Waals surface area contributed by atoms with E-state index in [2.05, 4.69) is 22.4 Å². The van der Waals surface area contributed by atoms with E-state index in [4.69, 9.17) is 16.6 Å². The molecule has 0 atom stereocenters. The maximum absolute atomic E-state index is 12.1. The highest BCUT2D eigenvalue weighted by Gasteiger charge is 2.24. The highest BCUT2D eigenvalue weighted by molar-refractivity contribution is 7.22. The second-order valence-electron chi connectivity index (χ2n) is 6.69. The molecule has 0 bridgehead atoms. The zero-order valence-corrected chi connectivity index (χ0v) is 17.7. The van der Waals surface area contributed by atoms with Crippen LogP contribution in [0.1, 0.15) is 40.0 Å². The van der Waals surface area contributed by atoms with Gasteiger partial charge in [0, 0.05) is 38.3 Å². The zero-order chi connectivity index (χ0) is 19.4. The first-order chi connectivity index (χ1) is 13.0. The summed E-state index contributed by atoms with van der Waals surface area (Å²) >= 11 is 8.11. The number of nitrogens with zero attached hydrogens (tertiary/aromatic N) is 4. The Morgan fingerprint density at radius 1 is 1.30 bits per heavy atom. The van der Waals surface area contributed by atoms with Gasteiger partial charge in [-0.05, 0) is 31.9 Å². The van der Waals surface area contributed by atoms with Crippen molar-refractivity contribution in [2.45, 2.75) is 40.0 Å². The van der Waals surface area contributed by atoms with Gasteiger partial charge in [0.1, 0.15) is 5.52 Å². The fraction of sp³-hybridized carbons (Fsp3) is 0.526. The maximum Gasteiger partial charge on any atom is 0.222 e. The van der Waals surface area contributed by atoms with Crippen molar-refractivity contribution in [2.24, 2.45) is 5.10 Å². The molecule has 27 heavy (non-hydrogen) atoms. The van der Waals surface area contributed by atoms with Gasteiger partial charge >= 0.3 is 0 Å². The van der Waals surface area contributed by atoms with Crippen molar-refractivity contribution >= 4 is 55.6 Å². The Balaban J connectivity index is 1.81. The number of amides is 1. The number of hydrogen-bond donors (Lipinski definition) is 1. The van der Waals surface area contributed by atoms with E-state index < -0.39 is 0 Å². The molecule has 0 radical (unpaired) electrons. The van der Waals surface area contributed by atoms with Crippen LogP contribution in [0.3, 0.4) is 0 Å². The molecule has 2 aromatic rings. The lowest BCUT2D eigenvalue weighted by molar-refractivity contribution is -0.131. The molecule has 1 aromatic carbocycles. The number of carbonyl (C=O) groups excluding carboxylic acids is 1. The molecular formula is C19H26ClN5OS. The zero-order valence-electron chi connectivity index (χ0n) is 16.1. The molecule has 1 fully saturated rings. The Hall–Kier alpha value is -1.86. The van der Waals surface area contributed by atoms with E-state index >= 15 is 0 Å². The molecule has 8 heteroatoms. The minimum Gasteiger partial charge on any atom is -0.365 e. The Kier molecular flexibility index (Phi) is 6.55. The van der Waals surface area contributed by atoms with Crippen LogP contribution < -0.4 is 10.3 Å². The Labute approximate surface area is 169 Å². The third kappa shape index (κ3) is 4.52. The lowest BCUT2D eigenvalue weighted by Crippen LogP contribution is -2.48. The minimum absolute atomic E-state index is 0.241. The van der Waals surface area contributed by atoms with Crippen molar-refractivity contribution in [1.82, 2.24) is 9.88 Å². The third-order valence-electron chi connectivity index (χ3n) is 4.75. The van der Waals surface area contributed by atoms with E-state index in [-0.39, 0.29) is 5.91 Å². The van der Waals surface area contributed by atoms with Gasteiger partial charge < -0.3 is 9.80 Å². The van der Waals surface area contributed by atoms with Crippen LogP contribution in [0.5, 0.6) is 0 Å². The van der Waals surface area contributed by atoms with Crippen LogP contribution in [0, 0.1) is 0 Å². The summed E-state index contributed by atoms with van der Waals surface area (Å²) in [5, 5.41) is 5.80. The summed E-state index contributed by atoms with van der Waals surface area (Å²) in [6, 6.07) is 3.93. The van der Waals surface area contributed by atoms with Gasteiger partial charge in [-0.3, -0.25) is 10.2 Å². The van der Waals surface area contributed by atoms with Gasteiger partial charge in [-0.15, -0.1) is 0 Å². The molecule has 146 valence electrons. The van der Waals surface area contributed by atoms with Gasteiger partial charge in [0.25, 0.3) is 0 Å². The molecule has 1 amide bonds. The first-order valence-electron chi connectivity index (χ1n) is 9.44. The summed E-state index contributed by atoms with van der Waals surface area (Å²) < 4.78 is 1.07. The summed E-state index contributed by atoms with van der Waals surface area (Å²) in [4.78, 5) is 21.0. The molecule has 1 aliphatic heterocycles. The average Bonchev–Trinajstić information content (AvgIpc) is 3.09. The van der Waals surface area contributed by atoms with Crippen molar-refractivity contribution in [3.8, 4) is 0 Å². The van der Waals surface area contributed by atoms with E-state index in [0.717, 1.165) is 65.8 Å². The number of anilines is 2. The number of piperazine rings is 1. The highest BCUT2D eigenvalue weighted by atomic mass is 35.5. The Morgan fingerprint density at radius 3 is 2.70 bits per heavy atom. The lowest BCUT2D eigenvalue weighted by Gasteiger charge is -2.36. The fourth-order valence-electron chi connectivity index (χ4n) is 3.08. The number of carbonyl (C=O) groups is 1. The molecule has 0 unspecified atom stereocenters. The molecule has 0 saturated carbocycles. The van der Waals surface area contributed by atoms with Crippen molar-refractivity contribution in [3.63, 3.8) is 0 Å². The first-order valence-corrected chi connectivity index (χ1v) is 10.6. The van der Waals surface area contributed by atoms with Gasteiger partial charge in [0.15, 0.2) is 0 Å². The van der Waals surface area contributed by atoms with Crippen molar-refractivity contribution < 1.29 is 4.79 Å². The average molecular weight is 408 g/mol. The molecule has 2 heterocycles. The number of hydrogen-bond acceptors (Lipinski definition) is 6. The number of hydrazone groups is 1. The van der Waals surface area contributed by atoms with E-state index in [1.807, 2.05) is 30.9 Å². The Morgan fingerprint density at radius 2 is 2.04 bits per heavy atom. The number of rotatable bonds is 6. The maximum atomic E-state index is 12.1. The quantitative estimate of drug-likeness (QED) is 0.561. The smallest absolute Gasteiger partial charge is 0.222 e. The molecule has 1 aromatic heterocycles. The van der Waals surface area contributed by atoms with Crippen LogP contribution in [0.4, 0.5) is 10.8 Å². The molecule has 1 N–H and O–H groups in total. The van der Waals surface area contributed by atoms with Gasteiger partial charge in [0.2, 0.25) is 11.0 Å². The highest BCUT2D eigenvalue weighted by Crippen LogP contribution is 2.38. The van der Waals surface area contributed by atoms with Crippen LogP contribution in [-0.2, 0) is 4.79 Å². The molecule has 0 spiro atoms. The van der Waals surface area contributed by atoms with Gasteiger partial charge in [-0.1, -0.05) is 36.8 Å². The Bertz CT molecular complexity index is 842. The number of nitrogens with one attached hydrogen (secondary N) is 1. The topological polar surface area (TPSA) is 60.8 Å². The van der Waals surface area contributed by atoms with E-state index in [1.165, 1.54) is 0 Å². The summed E-state index contributed by atoms with van der Waals surface area (Å²) in [7, 11) is 0. The van der Waals surface area contributed by atoms with Crippen LogP contribution in [-0.4, -0.2) is 47.7 Å². The van der Waals surface area contributed by atoms with Crippen LogP contribution in [0.25, 0.3) is 10.2 Å². The van der Waals surface area contributed by atoms with Crippen LogP contribution >= 0.6 is 22.9 Å². The summed E-state index contributed by atoms with van der Waals surface area (Å²) in [6.45, 7) is 9.07. The van der Waals surface area contributed by atoms with E-state index in [1.54, 1.807) is 11.3 Å². The standard InChI is InChI=1S/C19H26ClN5OS/c1-4-6-16(26)24-9-11-25(12-10-24)18-14(20)7-8-15-17(18)21-19(27-15)23-22-13(3)5-2/h7-8H,4-6,9-12H2,1-3H3,(H,21,23)/b22-13-. The number of halogens is 1. The number of fused-ring (bicyclic) bond motifs is 1. The molecule has 1 aliphatic rings. The normalized spacial score (nSPS) is 15.5. The SMILES string of the molecule is CCCC(=O)N1CCN(c2c(Cl)ccc3sc(N/N=C(/C)CC)nc23)CC1. The van der Waals surface area contributed by atoms with Crippen LogP contribution in [0.2, 0.25) is 5.02 Å². The van der Waals surface area contributed by atoms with Gasteiger partial charge in [-0.25, -0.2) is 4.98 Å². The van der Waals surface area contributed by atoms with Crippen LogP contribution in [0.15, 0.2) is 17.2 Å². The second-order valence-corrected chi connectivity index (χ2v) is 8.13. The predicted molar refractivity (Wildman–Crippen MR) is 115 cm³/mol. The number of aromatic nitrogens is 1. The lowest BCUT2D eigenvalue weighted by atomic mass is 10.2. The van der Waals surface area contributed by atoms with Gasteiger partial charge in [0.05, 0.1) is 15.4 Å². The number of thiazole rings is 1. The summed E-state index contributed by atoms with van der Waals surface area (Å²) in [6.07, 6.45) is 2.41. The largest absolute Gasteiger partial charge is 0.365 e. The summed E-state index contributed by atoms with van der Waals surface area (Å²) in [5.41, 5.74) is 5.93. The molecule has 0 aliphatic carbocycles. The number of benzene rings is 1. The first kappa shape index (κ1) is 19.9. The van der Waals surface area contributed by atoms with E-state index in [0.29, 0.717) is 11.4 Å². The van der Waals surface area contributed by atoms with Gasteiger partial charge in [-0.2, -0.15) is 5.10 Å². The minimum atomic E-state index is 0.241. The third-order valence-corrected chi connectivity index (χ3v) is 5.98. The molecular weight excluding hydrogens is 382 g/mol. The second kappa shape index (κ2) is 8.89. The predicted octanol–water partition coefficient (Wildman–Crippen LogP) is 4.60. The van der Waals surface area contributed by atoms with Crippen molar-refractivity contribution in [3.05, 3.63) is 17.2 Å². The van der Waals surface area contributed by atoms with Crippen molar-refractivity contribution in [1.29, 1.82) is 0 Å². The van der Waals surface area contributed by atoms with E-state index in [9.17, 15) is 4.79 Å². The monoisotopic (exact) mass is 407 g/mol. The molecule has 6 nitrogen and oxygen atoms in total.